The van der Waals surface area contributed by atoms with E-state index < -0.39 is 29.0 Å². The number of rotatable bonds is 15. The first-order chi connectivity index (χ1) is 22.2. The van der Waals surface area contributed by atoms with Gasteiger partial charge in [0.05, 0.1) is 25.6 Å². The zero-order valence-corrected chi connectivity index (χ0v) is 30.6. The van der Waals surface area contributed by atoms with Gasteiger partial charge in [0.1, 0.15) is 22.8 Å². The van der Waals surface area contributed by atoms with E-state index in [1.165, 1.54) is 19.8 Å². The second-order valence-corrected chi connectivity index (χ2v) is 17.8. The van der Waals surface area contributed by atoms with Gasteiger partial charge in [0.2, 0.25) is 11.8 Å². The molecule has 3 rings (SSSR count). The molecule has 0 aromatic heterocycles. The lowest BCUT2D eigenvalue weighted by atomic mass is 10.1. The molecular formula is C34H44NO9PS2. The number of para-hydroxylation sites is 1. The summed E-state index contributed by atoms with van der Waals surface area (Å²) in [5.41, 5.74) is -1.02. The normalized spacial score (nSPS) is 17.3. The van der Waals surface area contributed by atoms with Crippen molar-refractivity contribution in [2.45, 2.75) is 59.3 Å². The lowest BCUT2D eigenvalue weighted by molar-refractivity contribution is -0.149. The standard InChI is InChI=1S/C24H25NO3.C10H19O6PS2/c1-16(2)13-20-22(24(20,3)4)23(26)28-21(15-25)17-9-8-12-19(14-17)27-18-10-6-5-7-11-18;1-5-15-9(11)7-8(10(12)16-6-2)19-17(18,13-3)14-4/h5-14,20-22H,1-4H3;8H,5-7H2,1-4H3. The van der Waals surface area contributed by atoms with Crippen LogP contribution in [-0.4, -0.2) is 50.6 Å². The number of nitriles is 1. The average Bonchev–Trinajstić information content (AvgIpc) is 3.58. The number of nitrogens with zero attached hydrogens (tertiary/aromatic N) is 1. The van der Waals surface area contributed by atoms with Gasteiger partial charge < -0.3 is 28.0 Å². The van der Waals surface area contributed by atoms with Gasteiger partial charge in [0, 0.05) is 19.8 Å². The maximum Gasteiger partial charge on any atom is 0.320 e. The average molecular weight is 706 g/mol. The fourth-order valence-corrected chi connectivity index (χ4v) is 8.47. The molecule has 0 amide bonds. The van der Waals surface area contributed by atoms with E-state index in [1.807, 2.05) is 50.2 Å². The van der Waals surface area contributed by atoms with Gasteiger partial charge in [-0.25, -0.2) is 0 Å². The third-order valence-electron chi connectivity index (χ3n) is 7.08. The summed E-state index contributed by atoms with van der Waals surface area (Å²) >= 11 is 6.17. The van der Waals surface area contributed by atoms with Crippen LogP contribution in [0, 0.1) is 28.6 Å². The molecular weight excluding hydrogens is 661 g/mol. The van der Waals surface area contributed by atoms with Crippen molar-refractivity contribution in [2.24, 2.45) is 17.3 Å². The summed E-state index contributed by atoms with van der Waals surface area (Å²) in [6.45, 7) is 12.0. The number of hydrogen-bond donors (Lipinski definition) is 0. The number of carbonyl (C=O) groups is 3. The Bertz CT molecular complexity index is 1460. The molecule has 1 fully saturated rings. The highest BCUT2D eigenvalue weighted by Gasteiger charge is 2.61. The summed E-state index contributed by atoms with van der Waals surface area (Å²) in [5, 5.41) is 8.79. The van der Waals surface area contributed by atoms with Gasteiger partial charge in [-0.3, -0.25) is 14.4 Å². The summed E-state index contributed by atoms with van der Waals surface area (Å²) in [5.74, 6) is -0.109. The molecule has 256 valence electrons. The Labute approximate surface area is 287 Å². The third kappa shape index (κ3) is 12.4. The van der Waals surface area contributed by atoms with Crippen LogP contribution in [0.2, 0.25) is 0 Å². The van der Waals surface area contributed by atoms with Crippen molar-refractivity contribution in [1.82, 2.24) is 0 Å². The Morgan fingerprint density at radius 3 is 2.17 bits per heavy atom. The summed E-state index contributed by atoms with van der Waals surface area (Å²) < 4.78 is 31.3. The zero-order valence-electron chi connectivity index (χ0n) is 28.1. The molecule has 13 heteroatoms. The first-order valence-corrected chi connectivity index (χ1v) is 19.2. The number of ether oxygens (including phenoxy) is 4. The van der Waals surface area contributed by atoms with Gasteiger partial charge in [-0.2, -0.15) is 5.26 Å². The minimum Gasteiger partial charge on any atom is -0.466 e. The molecule has 0 saturated heterocycles. The number of hydrogen-bond acceptors (Lipinski definition) is 12. The number of allylic oxidation sites excluding steroid dienone is 2. The molecule has 10 nitrogen and oxygen atoms in total. The summed E-state index contributed by atoms with van der Waals surface area (Å²) in [6, 6.07) is 18.6. The number of esters is 3. The highest BCUT2D eigenvalue weighted by molar-refractivity contribution is 8.68. The van der Waals surface area contributed by atoms with E-state index in [-0.39, 0.29) is 42.9 Å². The van der Waals surface area contributed by atoms with Crippen LogP contribution >= 0.6 is 17.1 Å². The molecule has 0 spiro atoms. The molecule has 2 aromatic carbocycles. The van der Waals surface area contributed by atoms with Crippen molar-refractivity contribution < 1.29 is 42.4 Å². The summed E-state index contributed by atoms with van der Waals surface area (Å²) in [4.78, 5) is 36.0. The van der Waals surface area contributed by atoms with Crippen molar-refractivity contribution >= 4 is 46.8 Å². The maximum atomic E-state index is 12.7. The minimum absolute atomic E-state index is 0.123. The fraction of sp³-hybridized carbons (Fsp3) is 0.471. The molecule has 0 radical (unpaired) electrons. The molecule has 47 heavy (non-hydrogen) atoms. The third-order valence-corrected chi connectivity index (χ3v) is 12.9. The predicted molar refractivity (Wildman–Crippen MR) is 185 cm³/mol. The quantitative estimate of drug-likeness (QED) is 0.0771. The molecule has 1 aliphatic carbocycles. The van der Waals surface area contributed by atoms with Crippen LogP contribution in [0.5, 0.6) is 11.5 Å². The molecule has 1 saturated carbocycles. The van der Waals surface area contributed by atoms with Crippen molar-refractivity contribution in [3.05, 3.63) is 71.8 Å². The molecule has 0 N–H and O–H groups in total. The second kappa shape index (κ2) is 19.0. The van der Waals surface area contributed by atoms with Crippen LogP contribution in [0.4, 0.5) is 0 Å². The van der Waals surface area contributed by atoms with E-state index >= 15 is 0 Å². The van der Waals surface area contributed by atoms with Gasteiger partial charge in [-0.1, -0.05) is 67.2 Å². The number of carbonyl (C=O) groups excluding carboxylic acids is 3. The molecule has 2 aromatic rings. The Morgan fingerprint density at radius 2 is 1.62 bits per heavy atom. The van der Waals surface area contributed by atoms with Gasteiger partial charge >= 0.3 is 17.9 Å². The van der Waals surface area contributed by atoms with Gasteiger partial charge in [0.25, 0.3) is 0 Å². The molecule has 4 unspecified atom stereocenters. The Kier molecular flexibility index (Phi) is 16.1. The van der Waals surface area contributed by atoms with E-state index in [9.17, 15) is 19.6 Å². The van der Waals surface area contributed by atoms with Crippen LogP contribution in [0.3, 0.4) is 0 Å². The summed E-state index contributed by atoms with van der Waals surface area (Å²) in [7, 11) is 2.81. The van der Waals surface area contributed by atoms with Crippen LogP contribution in [0.25, 0.3) is 0 Å². The topological polar surface area (TPSA) is 130 Å². The Morgan fingerprint density at radius 1 is 1.00 bits per heavy atom. The first-order valence-electron chi connectivity index (χ1n) is 15.0. The Balaban J connectivity index is 0.000000355. The van der Waals surface area contributed by atoms with E-state index in [4.69, 9.17) is 39.8 Å². The van der Waals surface area contributed by atoms with Crippen LogP contribution in [0.15, 0.2) is 66.2 Å². The lowest BCUT2D eigenvalue weighted by Gasteiger charge is -2.21. The smallest absolute Gasteiger partial charge is 0.320 e. The van der Waals surface area contributed by atoms with Crippen molar-refractivity contribution in [3.8, 4) is 17.6 Å². The highest BCUT2D eigenvalue weighted by atomic mass is 32.9. The molecule has 1 aliphatic rings. The predicted octanol–water partition coefficient (Wildman–Crippen LogP) is 7.95. The van der Waals surface area contributed by atoms with Gasteiger partial charge in [-0.05, 0) is 75.1 Å². The van der Waals surface area contributed by atoms with Crippen molar-refractivity contribution in [3.63, 3.8) is 0 Å². The molecule has 0 aliphatic heterocycles. The van der Waals surface area contributed by atoms with Crippen LogP contribution in [-0.2, 0) is 49.4 Å². The van der Waals surface area contributed by atoms with E-state index in [1.54, 1.807) is 32.0 Å². The second-order valence-electron chi connectivity index (χ2n) is 11.2. The van der Waals surface area contributed by atoms with Gasteiger partial charge in [0.15, 0.2) is 0 Å². The molecule has 0 heterocycles. The van der Waals surface area contributed by atoms with E-state index in [2.05, 4.69) is 26.0 Å². The minimum atomic E-state index is -2.65. The van der Waals surface area contributed by atoms with Crippen LogP contribution in [0.1, 0.15) is 59.6 Å². The van der Waals surface area contributed by atoms with Crippen molar-refractivity contribution in [1.29, 1.82) is 5.26 Å². The largest absolute Gasteiger partial charge is 0.466 e. The SMILES string of the molecule is CC(C)=CC1C(C(=O)OC(C#N)c2cccc(Oc3ccccc3)c2)C1(C)C.CCOC(=O)CC(SP(=S)(OC)OC)C(=O)OCC. The van der Waals surface area contributed by atoms with Crippen molar-refractivity contribution in [2.75, 3.05) is 27.4 Å². The van der Waals surface area contributed by atoms with E-state index in [0.717, 1.165) is 11.4 Å². The molecule has 0 bridgehead atoms. The summed E-state index contributed by atoms with van der Waals surface area (Å²) in [6.07, 6.45) is 1.03. The monoisotopic (exact) mass is 705 g/mol. The number of benzene rings is 2. The fourth-order valence-electron chi connectivity index (χ4n) is 4.61. The van der Waals surface area contributed by atoms with Crippen LogP contribution < -0.4 is 4.74 Å². The Hall–Kier alpha value is -3.20. The van der Waals surface area contributed by atoms with Gasteiger partial charge in [-0.15, -0.1) is 0 Å². The maximum absolute atomic E-state index is 12.7. The lowest BCUT2D eigenvalue weighted by Crippen LogP contribution is -2.24. The molecule has 4 atom stereocenters. The zero-order chi connectivity index (χ0) is 35.2. The first kappa shape index (κ1) is 40.0. The highest BCUT2D eigenvalue weighted by Crippen LogP contribution is 2.62. The van der Waals surface area contributed by atoms with E-state index in [0.29, 0.717) is 17.1 Å².